The maximum atomic E-state index is 5.58. The van der Waals surface area contributed by atoms with Crippen LogP contribution in [0.3, 0.4) is 0 Å². The van der Waals surface area contributed by atoms with Gasteiger partial charge in [-0.3, -0.25) is 0 Å². The third-order valence-corrected chi connectivity index (χ3v) is 8.32. The first-order valence-electron chi connectivity index (χ1n) is 13.3. The standard InChI is InChI=1S/C30H41N3O2/c1-20(2)29-25-18-22(21-10-16-33(17-11-21)24-12-14-32(3)15-13-24)6-8-26(25)31-30(29)23-7-9-27(34-4)28(19-23)35-5/h6-9,18-21,24,31H,10-17H2,1-5H3. The molecule has 0 aliphatic carbocycles. The van der Waals surface area contributed by atoms with Crippen molar-refractivity contribution in [1.82, 2.24) is 14.8 Å². The number of rotatable bonds is 6. The largest absolute Gasteiger partial charge is 0.493 e. The Kier molecular flexibility index (Phi) is 7.08. The summed E-state index contributed by atoms with van der Waals surface area (Å²) in [7, 11) is 5.63. The van der Waals surface area contributed by atoms with Crippen LogP contribution in [-0.4, -0.2) is 68.3 Å². The van der Waals surface area contributed by atoms with E-state index in [1.165, 1.54) is 79.6 Å². The predicted octanol–water partition coefficient (Wildman–Crippen LogP) is 6.25. The minimum Gasteiger partial charge on any atom is -0.493 e. The molecule has 3 heterocycles. The average Bonchev–Trinajstić information content (AvgIpc) is 3.28. The van der Waals surface area contributed by atoms with Gasteiger partial charge in [-0.15, -0.1) is 0 Å². The highest BCUT2D eigenvalue weighted by Crippen LogP contribution is 2.40. The molecule has 3 aromatic rings. The molecule has 2 aromatic carbocycles. The fourth-order valence-electron chi connectivity index (χ4n) is 6.26. The smallest absolute Gasteiger partial charge is 0.161 e. The van der Waals surface area contributed by atoms with Gasteiger partial charge in [0.1, 0.15) is 0 Å². The molecule has 0 atom stereocenters. The van der Waals surface area contributed by atoms with Crippen molar-refractivity contribution in [3.63, 3.8) is 0 Å². The molecule has 5 heteroatoms. The Hall–Kier alpha value is -2.50. The van der Waals surface area contributed by atoms with Crippen molar-refractivity contribution >= 4 is 10.9 Å². The molecule has 1 aromatic heterocycles. The van der Waals surface area contributed by atoms with E-state index in [9.17, 15) is 0 Å². The highest BCUT2D eigenvalue weighted by molar-refractivity contribution is 5.92. The van der Waals surface area contributed by atoms with E-state index in [1.54, 1.807) is 14.2 Å². The fraction of sp³-hybridized carbons (Fsp3) is 0.533. The van der Waals surface area contributed by atoms with E-state index < -0.39 is 0 Å². The summed E-state index contributed by atoms with van der Waals surface area (Å²) in [5.41, 5.74) is 6.42. The van der Waals surface area contributed by atoms with Crippen molar-refractivity contribution in [3.8, 4) is 22.8 Å². The van der Waals surface area contributed by atoms with Gasteiger partial charge in [0.2, 0.25) is 0 Å². The highest BCUT2D eigenvalue weighted by atomic mass is 16.5. The molecule has 5 rings (SSSR count). The second-order valence-electron chi connectivity index (χ2n) is 10.8. The lowest BCUT2D eigenvalue weighted by molar-refractivity contribution is 0.0966. The van der Waals surface area contributed by atoms with Crippen molar-refractivity contribution in [3.05, 3.63) is 47.5 Å². The lowest BCUT2D eigenvalue weighted by atomic mass is 9.86. The lowest BCUT2D eigenvalue weighted by Crippen LogP contribution is -2.46. The number of methoxy groups -OCH3 is 2. The number of likely N-dealkylation sites (tertiary alicyclic amines) is 2. The maximum absolute atomic E-state index is 5.58. The Balaban J connectivity index is 1.40. The number of hydrogen-bond acceptors (Lipinski definition) is 4. The number of hydrogen-bond donors (Lipinski definition) is 1. The summed E-state index contributed by atoms with van der Waals surface area (Å²) in [6.07, 6.45) is 5.18. The first kappa shape index (κ1) is 24.2. The normalized spacial score (nSPS) is 19.0. The molecule has 0 spiro atoms. The molecule has 0 unspecified atom stereocenters. The number of ether oxygens (including phenoxy) is 2. The van der Waals surface area contributed by atoms with E-state index in [1.807, 2.05) is 6.07 Å². The summed E-state index contributed by atoms with van der Waals surface area (Å²) in [5, 5.41) is 1.36. The van der Waals surface area contributed by atoms with Crippen molar-refractivity contribution in [2.24, 2.45) is 0 Å². The number of aromatic amines is 1. The molecule has 0 radical (unpaired) electrons. The average molecular weight is 476 g/mol. The topological polar surface area (TPSA) is 40.7 Å². The number of benzene rings is 2. The number of piperidine rings is 2. The molecular weight excluding hydrogens is 434 g/mol. The fourth-order valence-corrected chi connectivity index (χ4v) is 6.26. The Bertz CT molecular complexity index is 1150. The number of H-pyrrole nitrogens is 1. The van der Waals surface area contributed by atoms with Gasteiger partial charge in [-0.05, 0) is 112 Å². The van der Waals surface area contributed by atoms with E-state index in [2.05, 4.69) is 66.0 Å². The molecule has 2 fully saturated rings. The molecule has 0 bridgehead atoms. The van der Waals surface area contributed by atoms with E-state index in [0.29, 0.717) is 11.8 Å². The van der Waals surface area contributed by atoms with Gasteiger partial charge in [0.15, 0.2) is 11.5 Å². The molecule has 0 amide bonds. The molecule has 2 saturated heterocycles. The Morgan fingerprint density at radius 2 is 1.57 bits per heavy atom. The maximum Gasteiger partial charge on any atom is 0.161 e. The number of nitrogens with zero attached hydrogens (tertiary/aromatic N) is 2. The molecule has 2 aliphatic heterocycles. The van der Waals surface area contributed by atoms with Crippen LogP contribution >= 0.6 is 0 Å². The van der Waals surface area contributed by atoms with Crippen molar-refractivity contribution in [2.45, 2.75) is 57.4 Å². The van der Waals surface area contributed by atoms with Crippen LogP contribution < -0.4 is 9.47 Å². The van der Waals surface area contributed by atoms with Crippen LogP contribution in [-0.2, 0) is 0 Å². The Morgan fingerprint density at radius 1 is 0.857 bits per heavy atom. The summed E-state index contributed by atoms with van der Waals surface area (Å²) in [4.78, 5) is 8.97. The summed E-state index contributed by atoms with van der Waals surface area (Å²) in [6, 6.07) is 14.1. The third-order valence-electron chi connectivity index (χ3n) is 8.32. The first-order valence-corrected chi connectivity index (χ1v) is 13.3. The molecule has 2 aliphatic rings. The summed E-state index contributed by atoms with van der Waals surface area (Å²) in [6.45, 7) is 9.54. The van der Waals surface area contributed by atoms with Gasteiger partial charge in [0.05, 0.1) is 19.9 Å². The van der Waals surface area contributed by atoms with Gasteiger partial charge < -0.3 is 24.3 Å². The van der Waals surface area contributed by atoms with E-state index in [-0.39, 0.29) is 0 Å². The summed E-state index contributed by atoms with van der Waals surface area (Å²) >= 11 is 0. The van der Waals surface area contributed by atoms with Crippen LogP contribution in [0.25, 0.3) is 22.2 Å². The zero-order valence-electron chi connectivity index (χ0n) is 22.1. The Morgan fingerprint density at radius 3 is 2.23 bits per heavy atom. The zero-order chi connectivity index (χ0) is 24.5. The van der Waals surface area contributed by atoms with Gasteiger partial charge in [0.25, 0.3) is 0 Å². The minimum atomic E-state index is 0.411. The van der Waals surface area contributed by atoms with Crippen LogP contribution in [0.4, 0.5) is 0 Å². The third kappa shape index (κ3) is 4.81. The number of nitrogens with one attached hydrogen (secondary N) is 1. The van der Waals surface area contributed by atoms with E-state index in [4.69, 9.17) is 9.47 Å². The second kappa shape index (κ2) is 10.2. The van der Waals surface area contributed by atoms with Crippen LogP contribution in [0.5, 0.6) is 11.5 Å². The lowest BCUT2D eigenvalue weighted by Gasteiger charge is -2.41. The predicted molar refractivity (Wildman–Crippen MR) is 145 cm³/mol. The zero-order valence-corrected chi connectivity index (χ0v) is 22.1. The molecule has 0 saturated carbocycles. The minimum absolute atomic E-state index is 0.411. The number of fused-ring (bicyclic) bond motifs is 1. The van der Waals surface area contributed by atoms with Gasteiger partial charge in [-0.2, -0.15) is 0 Å². The summed E-state index contributed by atoms with van der Waals surface area (Å²) < 4.78 is 11.0. The van der Waals surface area contributed by atoms with Crippen molar-refractivity contribution in [1.29, 1.82) is 0 Å². The molecule has 35 heavy (non-hydrogen) atoms. The van der Waals surface area contributed by atoms with Gasteiger partial charge in [0, 0.05) is 22.5 Å². The second-order valence-corrected chi connectivity index (χ2v) is 10.8. The van der Waals surface area contributed by atoms with Gasteiger partial charge >= 0.3 is 0 Å². The first-order chi connectivity index (χ1) is 17.0. The van der Waals surface area contributed by atoms with Gasteiger partial charge in [-0.1, -0.05) is 19.9 Å². The van der Waals surface area contributed by atoms with Gasteiger partial charge in [-0.25, -0.2) is 0 Å². The van der Waals surface area contributed by atoms with Crippen LogP contribution in [0.15, 0.2) is 36.4 Å². The molecule has 1 N–H and O–H groups in total. The van der Waals surface area contributed by atoms with Crippen molar-refractivity contribution < 1.29 is 9.47 Å². The SMILES string of the molecule is COc1ccc(-c2[nH]c3ccc(C4CCN(C5CCN(C)CC5)CC4)cc3c2C(C)C)cc1OC. The summed E-state index contributed by atoms with van der Waals surface area (Å²) in [5.74, 6) is 2.58. The quantitative estimate of drug-likeness (QED) is 0.458. The Labute approximate surface area is 210 Å². The van der Waals surface area contributed by atoms with E-state index in [0.717, 1.165) is 23.1 Å². The van der Waals surface area contributed by atoms with Crippen LogP contribution in [0.2, 0.25) is 0 Å². The van der Waals surface area contributed by atoms with Crippen LogP contribution in [0, 0.1) is 0 Å². The number of aromatic nitrogens is 1. The highest BCUT2D eigenvalue weighted by Gasteiger charge is 2.28. The monoisotopic (exact) mass is 475 g/mol. The molecule has 188 valence electrons. The van der Waals surface area contributed by atoms with Crippen LogP contribution in [0.1, 0.15) is 62.5 Å². The van der Waals surface area contributed by atoms with Crippen molar-refractivity contribution in [2.75, 3.05) is 47.4 Å². The van der Waals surface area contributed by atoms with E-state index >= 15 is 0 Å². The molecule has 5 nitrogen and oxygen atoms in total. The molecular formula is C30H41N3O2.